The molecule has 2 rings (SSSR count). The van der Waals surface area contributed by atoms with Crippen LogP contribution in [0.5, 0.6) is 5.75 Å². The molecule has 2 aromatic carbocycles. The maximum atomic E-state index is 12.3. The molecule has 1 amide bonds. The Bertz CT molecular complexity index is 981. The number of nitrogens with one attached hydrogen (secondary N) is 1. The molecule has 0 radical (unpaired) electrons. The topological polar surface area (TPSA) is 99.5 Å². The number of nitriles is 1. The maximum Gasteiger partial charge on any atom is 0.232 e. The van der Waals surface area contributed by atoms with Crippen LogP contribution in [0.3, 0.4) is 0 Å². The van der Waals surface area contributed by atoms with Gasteiger partial charge in [0.25, 0.3) is 0 Å². The van der Waals surface area contributed by atoms with Gasteiger partial charge in [-0.25, -0.2) is 8.42 Å². The third-order valence-corrected chi connectivity index (χ3v) is 5.00. The number of aryl methyl sites for hydroxylation is 1. The SMILES string of the molecule is COc1ccc(C)cc1N(CCC(=O)Nc1cccc(C#N)c1)S(C)(=O)=O. The van der Waals surface area contributed by atoms with Crippen molar-refractivity contribution in [2.45, 2.75) is 13.3 Å². The summed E-state index contributed by atoms with van der Waals surface area (Å²) in [7, 11) is -2.15. The molecule has 0 saturated carbocycles. The van der Waals surface area contributed by atoms with Crippen LogP contribution in [0.4, 0.5) is 11.4 Å². The van der Waals surface area contributed by atoms with Gasteiger partial charge in [0.1, 0.15) is 5.75 Å². The number of methoxy groups -OCH3 is 1. The third-order valence-electron chi connectivity index (χ3n) is 3.82. The van der Waals surface area contributed by atoms with Crippen molar-refractivity contribution in [1.82, 2.24) is 0 Å². The quantitative estimate of drug-likeness (QED) is 0.787. The van der Waals surface area contributed by atoms with Crippen LogP contribution in [0.25, 0.3) is 0 Å². The normalized spacial score (nSPS) is 10.7. The number of hydrogen-bond acceptors (Lipinski definition) is 5. The summed E-state index contributed by atoms with van der Waals surface area (Å²) in [5.41, 5.74) is 2.17. The van der Waals surface area contributed by atoms with Gasteiger partial charge in [-0.05, 0) is 42.8 Å². The van der Waals surface area contributed by atoms with E-state index in [0.29, 0.717) is 22.7 Å². The van der Waals surface area contributed by atoms with Gasteiger partial charge in [-0.15, -0.1) is 0 Å². The van der Waals surface area contributed by atoms with Crippen LogP contribution in [-0.4, -0.2) is 34.2 Å². The van der Waals surface area contributed by atoms with Gasteiger partial charge in [0.05, 0.1) is 30.7 Å². The van der Waals surface area contributed by atoms with Crippen molar-refractivity contribution in [3.8, 4) is 11.8 Å². The summed E-state index contributed by atoms with van der Waals surface area (Å²) in [5, 5.41) is 11.6. The molecule has 0 atom stereocenters. The van der Waals surface area contributed by atoms with Gasteiger partial charge in [-0.1, -0.05) is 12.1 Å². The summed E-state index contributed by atoms with van der Waals surface area (Å²) in [6.45, 7) is 1.81. The first-order valence-corrected chi connectivity index (χ1v) is 10.0. The minimum atomic E-state index is -3.62. The Morgan fingerprint density at radius 1 is 1.26 bits per heavy atom. The van der Waals surface area contributed by atoms with Gasteiger partial charge in [0, 0.05) is 18.7 Å². The van der Waals surface area contributed by atoms with Gasteiger partial charge in [0.2, 0.25) is 15.9 Å². The summed E-state index contributed by atoms with van der Waals surface area (Å²) in [6.07, 6.45) is 1.03. The van der Waals surface area contributed by atoms with E-state index in [4.69, 9.17) is 10.00 Å². The standard InChI is InChI=1S/C19H21N3O4S/c1-14-7-8-18(26-2)17(11-14)22(27(3,24)25)10-9-19(23)21-16-6-4-5-15(12-16)13-20/h4-8,11-12H,9-10H2,1-3H3,(H,21,23). The molecule has 1 N–H and O–H groups in total. The molecular formula is C19H21N3O4S. The Kier molecular flexibility index (Phi) is 6.42. The molecule has 0 aromatic heterocycles. The highest BCUT2D eigenvalue weighted by Crippen LogP contribution is 2.31. The van der Waals surface area contributed by atoms with Crippen LogP contribution < -0.4 is 14.4 Å². The average molecular weight is 387 g/mol. The zero-order valence-corrected chi connectivity index (χ0v) is 16.2. The molecule has 0 aliphatic carbocycles. The molecule has 8 heteroatoms. The highest BCUT2D eigenvalue weighted by atomic mass is 32.2. The molecular weight excluding hydrogens is 366 g/mol. The van der Waals surface area contributed by atoms with E-state index in [2.05, 4.69) is 5.32 Å². The molecule has 27 heavy (non-hydrogen) atoms. The van der Waals surface area contributed by atoms with Gasteiger partial charge in [-0.2, -0.15) is 5.26 Å². The Labute approximate surface area is 159 Å². The fourth-order valence-electron chi connectivity index (χ4n) is 2.55. The lowest BCUT2D eigenvalue weighted by atomic mass is 10.2. The monoisotopic (exact) mass is 387 g/mol. The number of hydrogen-bond donors (Lipinski definition) is 1. The number of rotatable bonds is 7. The number of nitrogens with zero attached hydrogens (tertiary/aromatic N) is 2. The first-order valence-electron chi connectivity index (χ1n) is 8.17. The second-order valence-electron chi connectivity index (χ2n) is 6.00. The van der Waals surface area contributed by atoms with Crippen molar-refractivity contribution < 1.29 is 17.9 Å². The highest BCUT2D eigenvalue weighted by Gasteiger charge is 2.22. The Morgan fingerprint density at radius 3 is 2.63 bits per heavy atom. The molecule has 142 valence electrons. The van der Waals surface area contributed by atoms with E-state index in [1.54, 1.807) is 36.4 Å². The summed E-state index contributed by atoms with van der Waals surface area (Å²) in [6, 6.07) is 13.7. The van der Waals surface area contributed by atoms with Gasteiger partial charge >= 0.3 is 0 Å². The fraction of sp³-hybridized carbons (Fsp3) is 0.263. The van der Waals surface area contributed by atoms with Crippen molar-refractivity contribution in [2.75, 3.05) is 29.5 Å². The van der Waals surface area contributed by atoms with E-state index in [1.165, 1.54) is 7.11 Å². The lowest BCUT2D eigenvalue weighted by Gasteiger charge is -2.24. The zero-order chi connectivity index (χ0) is 20.0. The van der Waals surface area contributed by atoms with Crippen LogP contribution in [0.2, 0.25) is 0 Å². The van der Waals surface area contributed by atoms with Crippen LogP contribution in [0, 0.1) is 18.3 Å². The second-order valence-corrected chi connectivity index (χ2v) is 7.91. The Morgan fingerprint density at radius 2 is 2.00 bits per heavy atom. The van der Waals surface area contributed by atoms with E-state index in [9.17, 15) is 13.2 Å². The molecule has 0 bridgehead atoms. The first-order chi connectivity index (χ1) is 12.7. The van der Waals surface area contributed by atoms with Crippen molar-refractivity contribution in [2.24, 2.45) is 0 Å². The first kappa shape index (κ1) is 20.3. The van der Waals surface area contributed by atoms with E-state index >= 15 is 0 Å². The van der Waals surface area contributed by atoms with E-state index in [0.717, 1.165) is 16.1 Å². The van der Waals surface area contributed by atoms with Crippen molar-refractivity contribution in [3.63, 3.8) is 0 Å². The van der Waals surface area contributed by atoms with E-state index in [-0.39, 0.29) is 18.9 Å². The number of carbonyl (C=O) groups is 1. The Balaban J connectivity index is 2.17. The largest absolute Gasteiger partial charge is 0.495 e. The predicted molar refractivity (Wildman–Crippen MR) is 104 cm³/mol. The number of anilines is 2. The van der Waals surface area contributed by atoms with E-state index in [1.807, 2.05) is 19.1 Å². The number of benzene rings is 2. The smallest absolute Gasteiger partial charge is 0.232 e. The summed E-state index contributed by atoms with van der Waals surface area (Å²) < 4.78 is 31.0. The number of ether oxygens (including phenoxy) is 1. The van der Waals surface area contributed by atoms with Gasteiger partial charge in [0.15, 0.2) is 0 Å². The highest BCUT2D eigenvalue weighted by molar-refractivity contribution is 7.92. The molecule has 2 aromatic rings. The fourth-order valence-corrected chi connectivity index (χ4v) is 3.48. The molecule has 0 fully saturated rings. The molecule has 0 aliphatic heterocycles. The maximum absolute atomic E-state index is 12.3. The van der Waals surface area contributed by atoms with Crippen LogP contribution in [0.15, 0.2) is 42.5 Å². The second kappa shape index (κ2) is 8.56. The molecule has 0 aliphatic rings. The van der Waals surface area contributed by atoms with Gasteiger partial charge < -0.3 is 10.1 Å². The molecule has 0 unspecified atom stereocenters. The lowest BCUT2D eigenvalue weighted by Crippen LogP contribution is -2.33. The average Bonchev–Trinajstić information content (AvgIpc) is 2.61. The minimum absolute atomic E-state index is 0.0393. The van der Waals surface area contributed by atoms with Crippen molar-refractivity contribution in [3.05, 3.63) is 53.6 Å². The third kappa shape index (κ3) is 5.46. The number of sulfonamides is 1. The minimum Gasteiger partial charge on any atom is -0.495 e. The summed E-state index contributed by atoms with van der Waals surface area (Å²) >= 11 is 0. The van der Waals surface area contributed by atoms with E-state index < -0.39 is 10.0 Å². The zero-order valence-electron chi connectivity index (χ0n) is 15.4. The van der Waals surface area contributed by atoms with Crippen molar-refractivity contribution >= 4 is 27.3 Å². The van der Waals surface area contributed by atoms with Crippen LogP contribution in [0.1, 0.15) is 17.5 Å². The molecule has 0 spiro atoms. The summed E-state index contributed by atoms with van der Waals surface area (Å²) in [4.78, 5) is 12.2. The van der Waals surface area contributed by atoms with Crippen molar-refractivity contribution in [1.29, 1.82) is 5.26 Å². The van der Waals surface area contributed by atoms with Crippen LogP contribution >= 0.6 is 0 Å². The summed E-state index contributed by atoms with van der Waals surface area (Å²) in [5.74, 6) is 0.0542. The Hall–Kier alpha value is -3.05. The van der Waals surface area contributed by atoms with Crippen LogP contribution in [-0.2, 0) is 14.8 Å². The molecule has 0 saturated heterocycles. The number of amides is 1. The number of carbonyl (C=O) groups excluding carboxylic acids is 1. The molecule has 0 heterocycles. The van der Waals surface area contributed by atoms with Gasteiger partial charge in [-0.3, -0.25) is 9.10 Å². The molecule has 7 nitrogen and oxygen atoms in total. The predicted octanol–water partition coefficient (Wildman–Crippen LogP) is 2.67. The lowest BCUT2D eigenvalue weighted by molar-refractivity contribution is -0.116.